The topological polar surface area (TPSA) is 79.4 Å². The molecule has 188 valence electrons. The van der Waals surface area contributed by atoms with E-state index in [-0.39, 0.29) is 5.69 Å². The summed E-state index contributed by atoms with van der Waals surface area (Å²) in [5.41, 5.74) is -0.0982. The highest BCUT2D eigenvalue weighted by Gasteiger charge is 2.30. The summed E-state index contributed by atoms with van der Waals surface area (Å²) < 4.78 is 44.4. The number of halogens is 3. The summed E-state index contributed by atoms with van der Waals surface area (Å²) >= 11 is 0. The van der Waals surface area contributed by atoms with Crippen LogP contribution in [0.25, 0.3) is 6.08 Å². The minimum atomic E-state index is -4.48. The number of hydrogen-bond donors (Lipinski definition) is 2. The van der Waals surface area contributed by atoms with Crippen LogP contribution in [0.1, 0.15) is 24.0 Å². The molecule has 0 atom stereocenters. The lowest BCUT2D eigenvalue weighted by atomic mass is 10.1. The summed E-state index contributed by atoms with van der Waals surface area (Å²) in [7, 11) is 2.10. The molecule has 36 heavy (non-hydrogen) atoms. The van der Waals surface area contributed by atoms with E-state index in [0.29, 0.717) is 29.2 Å². The quantitative estimate of drug-likeness (QED) is 0.423. The second-order valence-corrected chi connectivity index (χ2v) is 8.52. The number of aromatic nitrogens is 2. The Hall–Kier alpha value is -3.92. The number of hydrogen-bond acceptors (Lipinski definition) is 6. The second-order valence-electron chi connectivity index (χ2n) is 8.52. The van der Waals surface area contributed by atoms with Crippen LogP contribution in [-0.4, -0.2) is 47.0 Å². The second kappa shape index (κ2) is 11.2. The van der Waals surface area contributed by atoms with Gasteiger partial charge < -0.3 is 20.3 Å². The standard InChI is InChI=1S/C26H26F3N5O2/c1-34-14-11-20(12-15-34)32-25-30-13-10-24(33-25)36-22-7-2-4-18(16-22)8-9-23(35)31-21-6-3-5-19(17-21)26(27,28)29/h2-10,13,16-17,20H,11-12,14-15H2,1H3,(H,31,35)(H,30,32,33). The number of nitrogens with one attached hydrogen (secondary N) is 2. The normalized spacial score (nSPS) is 15.1. The van der Waals surface area contributed by atoms with E-state index in [1.807, 2.05) is 0 Å². The van der Waals surface area contributed by atoms with Gasteiger partial charge in [-0.1, -0.05) is 18.2 Å². The van der Waals surface area contributed by atoms with Gasteiger partial charge in [-0.15, -0.1) is 0 Å². The van der Waals surface area contributed by atoms with Gasteiger partial charge in [0.2, 0.25) is 17.7 Å². The summed E-state index contributed by atoms with van der Waals surface area (Å²) in [6.45, 7) is 2.04. The van der Waals surface area contributed by atoms with Gasteiger partial charge in [0.05, 0.1) is 5.56 Å². The van der Waals surface area contributed by atoms with Gasteiger partial charge in [-0.05, 0) is 75.0 Å². The molecule has 0 saturated carbocycles. The maximum absolute atomic E-state index is 12.9. The van der Waals surface area contributed by atoms with Gasteiger partial charge in [-0.2, -0.15) is 18.2 Å². The maximum atomic E-state index is 12.9. The van der Waals surface area contributed by atoms with E-state index in [1.54, 1.807) is 42.6 Å². The van der Waals surface area contributed by atoms with Crippen molar-refractivity contribution in [2.24, 2.45) is 0 Å². The molecular formula is C26H26F3N5O2. The Bertz CT molecular complexity index is 1220. The predicted octanol–water partition coefficient (Wildman–Crippen LogP) is 5.45. The predicted molar refractivity (Wildman–Crippen MR) is 132 cm³/mol. The molecule has 0 spiro atoms. The molecule has 0 bridgehead atoms. The van der Waals surface area contributed by atoms with Crippen LogP contribution in [0.4, 0.5) is 24.8 Å². The van der Waals surface area contributed by atoms with Crippen LogP contribution in [0, 0.1) is 0 Å². The molecule has 3 aromatic rings. The summed E-state index contributed by atoms with van der Waals surface area (Å²) in [6.07, 6.45) is 1.96. The van der Waals surface area contributed by atoms with Crippen LogP contribution in [0.5, 0.6) is 11.6 Å². The summed E-state index contributed by atoms with van der Waals surface area (Å²) in [6, 6.07) is 13.5. The first kappa shape index (κ1) is 25.2. The maximum Gasteiger partial charge on any atom is 0.416 e. The molecule has 1 aliphatic rings. The summed E-state index contributed by atoms with van der Waals surface area (Å²) in [5.74, 6) is 0.841. The Labute approximate surface area is 207 Å². The van der Waals surface area contributed by atoms with Crippen molar-refractivity contribution in [3.05, 3.63) is 78.0 Å². The minimum Gasteiger partial charge on any atom is -0.439 e. The van der Waals surface area contributed by atoms with Crippen molar-refractivity contribution in [3.63, 3.8) is 0 Å². The van der Waals surface area contributed by atoms with Gasteiger partial charge in [-0.3, -0.25) is 4.79 Å². The van der Waals surface area contributed by atoms with Crippen LogP contribution >= 0.6 is 0 Å². The van der Waals surface area contributed by atoms with Crippen LogP contribution in [-0.2, 0) is 11.0 Å². The van der Waals surface area contributed by atoms with Crippen LogP contribution < -0.4 is 15.4 Å². The van der Waals surface area contributed by atoms with Crippen molar-refractivity contribution < 1.29 is 22.7 Å². The number of benzene rings is 2. The van der Waals surface area contributed by atoms with E-state index < -0.39 is 17.6 Å². The van der Waals surface area contributed by atoms with E-state index in [9.17, 15) is 18.0 Å². The van der Waals surface area contributed by atoms with E-state index in [2.05, 4.69) is 32.5 Å². The van der Waals surface area contributed by atoms with Crippen molar-refractivity contribution in [3.8, 4) is 11.6 Å². The number of carbonyl (C=O) groups is 1. The largest absolute Gasteiger partial charge is 0.439 e. The van der Waals surface area contributed by atoms with Gasteiger partial charge in [0.15, 0.2) is 0 Å². The molecule has 7 nitrogen and oxygen atoms in total. The van der Waals surface area contributed by atoms with Crippen LogP contribution in [0.15, 0.2) is 66.9 Å². The molecule has 2 aromatic carbocycles. The fourth-order valence-electron chi connectivity index (χ4n) is 3.74. The fourth-order valence-corrected chi connectivity index (χ4v) is 3.74. The number of rotatable bonds is 7. The molecule has 2 heterocycles. The smallest absolute Gasteiger partial charge is 0.416 e. The first-order valence-corrected chi connectivity index (χ1v) is 11.5. The third-order valence-corrected chi connectivity index (χ3v) is 5.65. The molecule has 10 heteroatoms. The Morgan fingerprint density at radius 1 is 1.11 bits per heavy atom. The van der Waals surface area contributed by atoms with Gasteiger partial charge >= 0.3 is 6.18 Å². The number of alkyl halides is 3. The van der Waals surface area contributed by atoms with Crippen molar-refractivity contribution in [1.82, 2.24) is 14.9 Å². The monoisotopic (exact) mass is 497 g/mol. The molecule has 1 fully saturated rings. The fraction of sp³-hybridized carbons (Fsp3) is 0.269. The lowest BCUT2D eigenvalue weighted by Crippen LogP contribution is -2.37. The zero-order chi connectivity index (χ0) is 25.5. The van der Waals surface area contributed by atoms with Gasteiger partial charge in [0.25, 0.3) is 0 Å². The number of likely N-dealkylation sites (tertiary alicyclic amines) is 1. The molecule has 0 radical (unpaired) electrons. The van der Waals surface area contributed by atoms with E-state index in [1.165, 1.54) is 18.2 Å². The molecular weight excluding hydrogens is 471 g/mol. The Balaban J connectivity index is 1.36. The van der Waals surface area contributed by atoms with E-state index >= 15 is 0 Å². The first-order valence-electron chi connectivity index (χ1n) is 11.5. The highest BCUT2D eigenvalue weighted by molar-refractivity contribution is 6.02. The van der Waals surface area contributed by atoms with Gasteiger partial charge in [0, 0.05) is 30.1 Å². The van der Waals surface area contributed by atoms with Crippen molar-refractivity contribution in [2.75, 3.05) is 30.8 Å². The number of nitrogens with zero attached hydrogens (tertiary/aromatic N) is 3. The molecule has 0 unspecified atom stereocenters. The number of piperidine rings is 1. The first-order chi connectivity index (χ1) is 17.2. The number of amides is 1. The minimum absolute atomic E-state index is 0.0602. The van der Waals surface area contributed by atoms with Crippen molar-refractivity contribution in [2.45, 2.75) is 25.1 Å². The van der Waals surface area contributed by atoms with Crippen LogP contribution in [0.3, 0.4) is 0 Å². The number of ether oxygens (including phenoxy) is 1. The molecule has 1 amide bonds. The highest BCUT2D eigenvalue weighted by atomic mass is 19.4. The van der Waals surface area contributed by atoms with Crippen molar-refractivity contribution in [1.29, 1.82) is 0 Å². The zero-order valence-corrected chi connectivity index (χ0v) is 19.6. The van der Waals surface area contributed by atoms with E-state index in [4.69, 9.17) is 4.74 Å². The summed E-state index contributed by atoms with van der Waals surface area (Å²) in [4.78, 5) is 23.2. The molecule has 4 rings (SSSR count). The Morgan fingerprint density at radius 3 is 2.67 bits per heavy atom. The molecule has 0 aliphatic carbocycles. The zero-order valence-electron chi connectivity index (χ0n) is 19.6. The lowest BCUT2D eigenvalue weighted by molar-refractivity contribution is -0.137. The average Bonchev–Trinajstić information content (AvgIpc) is 2.84. The van der Waals surface area contributed by atoms with Gasteiger partial charge in [0.1, 0.15) is 5.75 Å². The molecule has 1 saturated heterocycles. The van der Waals surface area contributed by atoms with Crippen molar-refractivity contribution >= 4 is 23.6 Å². The molecule has 1 aromatic heterocycles. The number of carbonyl (C=O) groups excluding carboxylic acids is 1. The molecule has 2 N–H and O–H groups in total. The van der Waals surface area contributed by atoms with E-state index in [0.717, 1.165) is 38.1 Å². The van der Waals surface area contributed by atoms with Crippen LogP contribution in [0.2, 0.25) is 0 Å². The Kier molecular flexibility index (Phi) is 7.84. The molecule has 1 aliphatic heterocycles. The number of anilines is 2. The van der Waals surface area contributed by atoms with Gasteiger partial charge in [-0.25, -0.2) is 4.98 Å². The summed E-state index contributed by atoms with van der Waals surface area (Å²) in [5, 5.41) is 5.79. The third-order valence-electron chi connectivity index (χ3n) is 5.65. The lowest BCUT2D eigenvalue weighted by Gasteiger charge is -2.29. The SMILES string of the molecule is CN1CCC(Nc2nccc(Oc3cccc(C=CC(=O)Nc4cccc(C(F)(F)F)c4)c3)n2)CC1. The average molecular weight is 498 g/mol. The third kappa shape index (κ3) is 7.29. The Morgan fingerprint density at radius 2 is 1.89 bits per heavy atom. The highest BCUT2D eigenvalue weighted by Crippen LogP contribution is 2.30.